The van der Waals surface area contributed by atoms with Gasteiger partial charge < -0.3 is 29.5 Å². The van der Waals surface area contributed by atoms with Gasteiger partial charge in [0, 0.05) is 59.1 Å². The van der Waals surface area contributed by atoms with Crippen molar-refractivity contribution < 1.29 is 9.47 Å². The van der Waals surface area contributed by atoms with Crippen LogP contribution < -0.4 is 15.0 Å². The molecule has 0 spiro atoms. The van der Waals surface area contributed by atoms with Crippen LogP contribution in [0.5, 0.6) is 5.75 Å². The second kappa shape index (κ2) is 13.8. The Morgan fingerprint density at radius 1 is 1.11 bits per heavy atom. The highest BCUT2D eigenvalue weighted by Crippen LogP contribution is 2.20. The molecule has 0 atom stereocenters. The third kappa shape index (κ3) is 8.00. The van der Waals surface area contributed by atoms with Crippen LogP contribution in [0, 0.1) is 0 Å². The highest BCUT2D eigenvalue weighted by atomic mass is 127. The summed E-state index contributed by atoms with van der Waals surface area (Å²) in [7, 11) is 7.44. The van der Waals surface area contributed by atoms with Crippen molar-refractivity contribution in [3.8, 4) is 5.75 Å². The lowest BCUT2D eigenvalue weighted by Gasteiger charge is -2.37. The fraction of sp³-hybridized carbons (Fsp3) is 0.650. The van der Waals surface area contributed by atoms with Gasteiger partial charge in [0.15, 0.2) is 5.96 Å². The summed E-state index contributed by atoms with van der Waals surface area (Å²) in [6.45, 7) is 7.67. The molecule has 1 N–H and O–H groups in total. The van der Waals surface area contributed by atoms with E-state index in [2.05, 4.69) is 44.2 Å². The Balaban J connectivity index is 0.00000392. The van der Waals surface area contributed by atoms with Gasteiger partial charge in [-0.3, -0.25) is 4.99 Å². The number of ether oxygens (including phenoxy) is 2. The molecule has 28 heavy (non-hydrogen) atoms. The number of guanidine groups is 1. The lowest BCUT2D eigenvalue weighted by molar-refractivity contribution is 0.161. The monoisotopic (exact) mass is 505 g/mol. The van der Waals surface area contributed by atoms with Crippen molar-refractivity contribution in [2.75, 3.05) is 85.6 Å². The molecule has 1 fully saturated rings. The molecule has 1 aromatic rings. The zero-order valence-corrected chi connectivity index (χ0v) is 20.0. The van der Waals surface area contributed by atoms with Gasteiger partial charge in [-0.15, -0.1) is 24.0 Å². The van der Waals surface area contributed by atoms with Crippen LogP contribution in [-0.2, 0) is 4.74 Å². The van der Waals surface area contributed by atoms with E-state index >= 15 is 0 Å². The van der Waals surface area contributed by atoms with Crippen molar-refractivity contribution in [3.05, 3.63) is 24.3 Å². The lowest BCUT2D eigenvalue weighted by atomic mass is 10.2. The Bertz CT molecular complexity index is 562. The molecule has 0 saturated carbocycles. The number of piperazine rings is 1. The van der Waals surface area contributed by atoms with E-state index in [1.807, 2.05) is 19.2 Å². The minimum Gasteiger partial charge on any atom is -0.497 e. The fourth-order valence-electron chi connectivity index (χ4n) is 3.21. The largest absolute Gasteiger partial charge is 0.497 e. The van der Waals surface area contributed by atoms with Gasteiger partial charge in [0.25, 0.3) is 0 Å². The molecule has 1 aromatic carbocycles. The molecule has 0 aliphatic carbocycles. The molecular weight excluding hydrogens is 469 g/mol. The van der Waals surface area contributed by atoms with Gasteiger partial charge in [0.1, 0.15) is 5.75 Å². The van der Waals surface area contributed by atoms with Crippen LogP contribution in [0.25, 0.3) is 0 Å². The van der Waals surface area contributed by atoms with Crippen LogP contribution in [0.4, 0.5) is 5.69 Å². The second-order valence-corrected chi connectivity index (χ2v) is 6.80. The maximum atomic E-state index is 5.24. The Labute approximate surface area is 187 Å². The van der Waals surface area contributed by atoms with E-state index in [1.54, 1.807) is 14.2 Å². The molecule has 0 amide bonds. The number of nitrogens with zero attached hydrogens (tertiary/aromatic N) is 4. The molecule has 1 aliphatic rings. The number of likely N-dealkylation sites (N-methyl/N-ethyl adjacent to an activating group) is 1. The van der Waals surface area contributed by atoms with Gasteiger partial charge in [-0.2, -0.15) is 0 Å². The predicted molar refractivity (Wildman–Crippen MR) is 128 cm³/mol. The Morgan fingerprint density at radius 3 is 2.36 bits per heavy atom. The van der Waals surface area contributed by atoms with E-state index < -0.39 is 0 Å². The number of halogens is 1. The van der Waals surface area contributed by atoms with E-state index in [0.29, 0.717) is 0 Å². The summed E-state index contributed by atoms with van der Waals surface area (Å²) in [5.41, 5.74) is 1.25. The molecule has 0 aromatic heterocycles. The number of rotatable bonds is 9. The van der Waals surface area contributed by atoms with Gasteiger partial charge in [-0.25, -0.2) is 0 Å². The zero-order valence-electron chi connectivity index (χ0n) is 17.7. The first-order valence-corrected chi connectivity index (χ1v) is 9.70. The topological polar surface area (TPSA) is 52.6 Å². The molecule has 0 bridgehead atoms. The van der Waals surface area contributed by atoms with Crippen molar-refractivity contribution in [1.29, 1.82) is 0 Å². The number of hydrogen-bond donors (Lipinski definition) is 1. The lowest BCUT2D eigenvalue weighted by Crippen LogP contribution is -2.52. The van der Waals surface area contributed by atoms with Crippen molar-refractivity contribution in [3.63, 3.8) is 0 Å². The number of hydrogen-bond acceptors (Lipinski definition) is 5. The standard InChI is InChI=1S/C20H35N5O2.HI/c1-21-20(22-10-5-11-23(2)16-17-26-3)25-14-12-24(13-15-25)18-6-8-19(27-4)9-7-18;/h6-9H,5,10-17H2,1-4H3,(H,21,22);1H. The zero-order chi connectivity index (χ0) is 19.5. The van der Waals surface area contributed by atoms with Crippen molar-refractivity contribution >= 4 is 35.6 Å². The smallest absolute Gasteiger partial charge is 0.193 e. The summed E-state index contributed by atoms with van der Waals surface area (Å²) < 4.78 is 10.4. The Morgan fingerprint density at radius 2 is 1.79 bits per heavy atom. The molecular formula is C20H36IN5O2. The van der Waals surface area contributed by atoms with E-state index in [-0.39, 0.29) is 24.0 Å². The molecule has 160 valence electrons. The van der Waals surface area contributed by atoms with Crippen LogP contribution in [0.15, 0.2) is 29.3 Å². The molecule has 1 heterocycles. The molecule has 2 rings (SSSR count). The second-order valence-electron chi connectivity index (χ2n) is 6.80. The van der Waals surface area contributed by atoms with Gasteiger partial charge in [0.2, 0.25) is 0 Å². The first-order chi connectivity index (χ1) is 13.2. The SMILES string of the molecule is CN=C(NCCCN(C)CCOC)N1CCN(c2ccc(OC)cc2)CC1.I. The summed E-state index contributed by atoms with van der Waals surface area (Å²) in [5.74, 6) is 1.90. The van der Waals surface area contributed by atoms with Gasteiger partial charge in [-0.1, -0.05) is 0 Å². The highest BCUT2D eigenvalue weighted by Gasteiger charge is 2.19. The third-order valence-electron chi connectivity index (χ3n) is 4.91. The average molecular weight is 505 g/mol. The van der Waals surface area contributed by atoms with Crippen LogP contribution in [-0.4, -0.2) is 96.5 Å². The first kappa shape index (κ1) is 24.8. The molecule has 0 unspecified atom stereocenters. The number of aliphatic imine (C=N–C) groups is 1. The quantitative estimate of drug-likeness (QED) is 0.240. The summed E-state index contributed by atoms with van der Waals surface area (Å²) >= 11 is 0. The highest BCUT2D eigenvalue weighted by molar-refractivity contribution is 14.0. The van der Waals surface area contributed by atoms with Crippen LogP contribution in [0.1, 0.15) is 6.42 Å². The van der Waals surface area contributed by atoms with Gasteiger partial charge in [-0.05, 0) is 44.3 Å². The maximum absolute atomic E-state index is 5.24. The van der Waals surface area contributed by atoms with E-state index in [1.165, 1.54) is 5.69 Å². The van der Waals surface area contributed by atoms with Gasteiger partial charge in [0.05, 0.1) is 13.7 Å². The van der Waals surface area contributed by atoms with Crippen LogP contribution >= 0.6 is 24.0 Å². The number of methoxy groups -OCH3 is 2. The summed E-state index contributed by atoms with van der Waals surface area (Å²) in [6, 6.07) is 8.29. The van der Waals surface area contributed by atoms with Crippen molar-refractivity contribution in [1.82, 2.24) is 15.1 Å². The number of benzene rings is 1. The van der Waals surface area contributed by atoms with E-state index in [0.717, 1.165) is 70.6 Å². The Kier molecular flexibility index (Phi) is 12.2. The normalized spacial score (nSPS) is 14.8. The number of nitrogens with one attached hydrogen (secondary N) is 1. The minimum atomic E-state index is 0. The van der Waals surface area contributed by atoms with E-state index in [9.17, 15) is 0 Å². The summed E-state index contributed by atoms with van der Waals surface area (Å²) in [6.07, 6.45) is 1.09. The first-order valence-electron chi connectivity index (χ1n) is 9.70. The van der Waals surface area contributed by atoms with E-state index in [4.69, 9.17) is 9.47 Å². The molecule has 0 radical (unpaired) electrons. The summed E-state index contributed by atoms with van der Waals surface area (Å²) in [4.78, 5) is 11.5. The average Bonchev–Trinajstić information content (AvgIpc) is 2.72. The van der Waals surface area contributed by atoms with Crippen molar-refractivity contribution in [2.24, 2.45) is 4.99 Å². The van der Waals surface area contributed by atoms with Crippen LogP contribution in [0.2, 0.25) is 0 Å². The Hall–Kier alpha value is -1.26. The number of anilines is 1. The fourth-order valence-corrected chi connectivity index (χ4v) is 3.21. The van der Waals surface area contributed by atoms with Crippen molar-refractivity contribution in [2.45, 2.75) is 6.42 Å². The summed E-state index contributed by atoms with van der Waals surface area (Å²) in [5, 5.41) is 3.50. The minimum absolute atomic E-state index is 0. The maximum Gasteiger partial charge on any atom is 0.193 e. The predicted octanol–water partition coefficient (Wildman–Crippen LogP) is 1.98. The third-order valence-corrected chi connectivity index (χ3v) is 4.91. The molecule has 7 nitrogen and oxygen atoms in total. The van der Waals surface area contributed by atoms with Gasteiger partial charge >= 0.3 is 0 Å². The molecule has 8 heteroatoms. The molecule has 1 aliphatic heterocycles. The molecule has 1 saturated heterocycles. The van der Waals surface area contributed by atoms with Crippen LogP contribution in [0.3, 0.4) is 0 Å².